The highest BCUT2D eigenvalue weighted by Crippen LogP contribution is 2.23. The molecule has 3 nitrogen and oxygen atoms in total. The van der Waals surface area contributed by atoms with E-state index in [4.69, 9.17) is 17.3 Å². The minimum atomic E-state index is 0.764. The molecule has 1 fully saturated rings. The molecule has 1 aromatic rings. The lowest BCUT2D eigenvalue weighted by molar-refractivity contribution is 0.256. The van der Waals surface area contributed by atoms with Crippen LogP contribution in [-0.4, -0.2) is 49.1 Å². The van der Waals surface area contributed by atoms with E-state index >= 15 is 0 Å². The van der Waals surface area contributed by atoms with Gasteiger partial charge in [-0.3, -0.25) is 4.90 Å². The molecule has 2 heterocycles. The van der Waals surface area contributed by atoms with Gasteiger partial charge in [0.1, 0.15) is 0 Å². The van der Waals surface area contributed by atoms with Crippen LogP contribution in [0, 0.1) is 0 Å². The summed E-state index contributed by atoms with van der Waals surface area (Å²) in [5, 5.41) is 0. The smallest absolute Gasteiger partial charge is 0.0931 e. The molecule has 0 bridgehead atoms. The quantitative estimate of drug-likeness (QED) is 0.909. The summed E-state index contributed by atoms with van der Waals surface area (Å²) in [5.41, 5.74) is 5.60. The molecule has 1 aliphatic rings. The summed E-state index contributed by atoms with van der Waals surface area (Å²) in [7, 11) is 0. The monoisotopic (exact) mass is 273 g/mol. The Bertz CT molecular complexity index is 342. The van der Waals surface area contributed by atoms with Gasteiger partial charge in [0, 0.05) is 37.6 Å². The molecule has 0 aliphatic carbocycles. The Morgan fingerprint density at radius 1 is 1.18 bits per heavy atom. The molecule has 0 unspecified atom stereocenters. The van der Waals surface area contributed by atoms with Crippen molar-refractivity contribution in [2.75, 3.05) is 39.3 Å². The summed E-state index contributed by atoms with van der Waals surface area (Å²) in [5.74, 6) is 0. The summed E-state index contributed by atoms with van der Waals surface area (Å²) in [4.78, 5) is 6.34. The zero-order valence-corrected chi connectivity index (χ0v) is 11.6. The van der Waals surface area contributed by atoms with Gasteiger partial charge in [0.15, 0.2) is 0 Å². The van der Waals surface area contributed by atoms with Gasteiger partial charge in [0.05, 0.1) is 4.34 Å². The Hall–Kier alpha value is -0.130. The fraction of sp³-hybridized carbons (Fsp3) is 0.667. The number of nitrogens with two attached hydrogens (primary N) is 1. The molecule has 2 N–H and O–H groups in total. The second-order valence-electron chi connectivity index (χ2n) is 4.47. The molecule has 0 aromatic carbocycles. The van der Waals surface area contributed by atoms with Crippen molar-refractivity contribution in [3.8, 4) is 0 Å². The lowest BCUT2D eigenvalue weighted by Gasteiger charge is -2.20. The van der Waals surface area contributed by atoms with E-state index in [0.717, 1.165) is 37.1 Å². The van der Waals surface area contributed by atoms with E-state index in [2.05, 4.69) is 15.9 Å². The van der Waals surface area contributed by atoms with E-state index in [1.54, 1.807) is 11.3 Å². The van der Waals surface area contributed by atoms with Crippen LogP contribution in [0.1, 0.15) is 11.3 Å². The minimum absolute atomic E-state index is 0.764. The summed E-state index contributed by atoms with van der Waals surface area (Å²) < 4.78 is 0.889. The third-order valence-electron chi connectivity index (χ3n) is 3.13. The van der Waals surface area contributed by atoms with E-state index in [-0.39, 0.29) is 0 Å². The Morgan fingerprint density at radius 2 is 1.94 bits per heavy atom. The van der Waals surface area contributed by atoms with Crippen molar-refractivity contribution in [2.24, 2.45) is 5.73 Å². The van der Waals surface area contributed by atoms with E-state index in [9.17, 15) is 0 Å². The van der Waals surface area contributed by atoms with Gasteiger partial charge in [0.2, 0.25) is 0 Å². The summed E-state index contributed by atoms with van der Waals surface area (Å²) >= 11 is 7.64. The molecule has 1 aromatic heterocycles. The van der Waals surface area contributed by atoms with Crippen molar-refractivity contribution < 1.29 is 0 Å². The Kier molecular flexibility index (Phi) is 5.25. The maximum absolute atomic E-state index is 5.95. The molecule has 17 heavy (non-hydrogen) atoms. The molecule has 5 heteroatoms. The maximum atomic E-state index is 5.95. The van der Waals surface area contributed by atoms with Crippen LogP contribution >= 0.6 is 22.9 Å². The lowest BCUT2D eigenvalue weighted by Crippen LogP contribution is -2.33. The van der Waals surface area contributed by atoms with Gasteiger partial charge in [-0.05, 0) is 31.6 Å². The van der Waals surface area contributed by atoms with E-state index < -0.39 is 0 Å². The summed E-state index contributed by atoms with van der Waals surface area (Å²) in [6, 6.07) is 4.12. The number of nitrogens with zero attached hydrogens (tertiary/aromatic N) is 2. The maximum Gasteiger partial charge on any atom is 0.0931 e. The largest absolute Gasteiger partial charge is 0.329 e. The zero-order valence-electron chi connectivity index (χ0n) is 10.1. The van der Waals surface area contributed by atoms with Crippen LogP contribution in [0.25, 0.3) is 0 Å². The number of hydrogen-bond donors (Lipinski definition) is 1. The highest BCUT2D eigenvalue weighted by atomic mass is 35.5. The van der Waals surface area contributed by atoms with Crippen molar-refractivity contribution in [3.05, 3.63) is 21.3 Å². The molecular weight excluding hydrogens is 254 g/mol. The van der Waals surface area contributed by atoms with Gasteiger partial charge in [-0.1, -0.05) is 11.6 Å². The van der Waals surface area contributed by atoms with Crippen molar-refractivity contribution >= 4 is 22.9 Å². The summed E-state index contributed by atoms with van der Waals surface area (Å²) in [6.07, 6.45) is 1.24. The second kappa shape index (κ2) is 6.71. The number of thiophene rings is 1. The van der Waals surface area contributed by atoms with Crippen LogP contribution in [0.15, 0.2) is 12.1 Å². The first-order valence-corrected chi connectivity index (χ1v) is 7.36. The minimum Gasteiger partial charge on any atom is -0.329 e. The molecule has 0 atom stereocenters. The first kappa shape index (κ1) is 13.3. The van der Waals surface area contributed by atoms with Crippen LogP contribution in [0.2, 0.25) is 4.34 Å². The average Bonchev–Trinajstić information content (AvgIpc) is 2.58. The van der Waals surface area contributed by atoms with Gasteiger partial charge in [-0.15, -0.1) is 11.3 Å². The molecule has 96 valence electrons. The Balaban J connectivity index is 1.82. The lowest BCUT2D eigenvalue weighted by atomic mass is 10.3. The molecule has 2 rings (SSSR count). The SMILES string of the molecule is NCCN1CCCN(Cc2ccc(Cl)s2)CC1. The molecule has 0 radical (unpaired) electrons. The molecule has 0 amide bonds. The first-order valence-electron chi connectivity index (χ1n) is 6.17. The standard InChI is InChI=1S/C12H20ClN3S/c13-12-3-2-11(17-12)10-16-6-1-5-15(7-4-14)8-9-16/h2-3H,1,4-10,14H2. The highest BCUT2D eigenvalue weighted by Gasteiger charge is 2.14. The fourth-order valence-electron chi connectivity index (χ4n) is 2.25. The molecule has 0 saturated carbocycles. The van der Waals surface area contributed by atoms with Gasteiger partial charge in [-0.25, -0.2) is 0 Å². The van der Waals surface area contributed by atoms with Crippen LogP contribution in [0.3, 0.4) is 0 Å². The van der Waals surface area contributed by atoms with Crippen molar-refractivity contribution in [2.45, 2.75) is 13.0 Å². The fourth-order valence-corrected chi connectivity index (χ4v) is 3.38. The Morgan fingerprint density at radius 3 is 2.65 bits per heavy atom. The summed E-state index contributed by atoms with van der Waals surface area (Å²) in [6.45, 7) is 7.45. The zero-order chi connectivity index (χ0) is 12.1. The topological polar surface area (TPSA) is 32.5 Å². The predicted molar refractivity (Wildman–Crippen MR) is 74.7 cm³/mol. The van der Waals surface area contributed by atoms with Crippen LogP contribution in [0.5, 0.6) is 0 Å². The van der Waals surface area contributed by atoms with E-state index in [1.165, 1.54) is 24.4 Å². The Labute approximate surface area is 112 Å². The second-order valence-corrected chi connectivity index (χ2v) is 6.27. The van der Waals surface area contributed by atoms with Gasteiger partial charge < -0.3 is 10.6 Å². The first-order chi connectivity index (χ1) is 8.28. The van der Waals surface area contributed by atoms with Crippen LogP contribution in [0.4, 0.5) is 0 Å². The number of hydrogen-bond acceptors (Lipinski definition) is 4. The normalized spacial score (nSPS) is 19.4. The molecule has 1 aliphatic heterocycles. The van der Waals surface area contributed by atoms with Crippen molar-refractivity contribution in [1.82, 2.24) is 9.80 Å². The number of halogens is 1. The average molecular weight is 274 g/mol. The van der Waals surface area contributed by atoms with Crippen molar-refractivity contribution in [1.29, 1.82) is 0 Å². The molecule has 0 spiro atoms. The van der Waals surface area contributed by atoms with E-state index in [0.29, 0.717) is 0 Å². The number of rotatable bonds is 4. The third kappa shape index (κ3) is 4.23. The van der Waals surface area contributed by atoms with Crippen LogP contribution in [-0.2, 0) is 6.54 Å². The van der Waals surface area contributed by atoms with Gasteiger partial charge >= 0.3 is 0 Å². The van der Waals surface area contributed by atoms with Crippen LogP contribution < -0.4 is 5.73 Å². The van der Waals surface area contributed by atoms with Gasteiger partial charge in [0.25, 0.3) is 0 Å². The van der Waals surface area contributed by atoms with Gasteiger partial charge in [-0.2, -0.15) is 0 Å². The molecular formula is C12H20ClN3S. The highest BCUT2D eigenvalue weighted by molar-refractivity contribution is 7.16. The predicted octanol–water partition coefficient (Wildman–Crippen LogP) is 1.87. The third-order valence-corrected chi connectivity index (χ3v) is 4.35. The molecule has 1 saturated heterocycles. The van der Waals surface area contributed by atoms with E-state index in [1.807, 2.05) is 6.07 Å². The van der Waals surface area contributed by atoms with Crippen molar-refractivity contribution in [3.63, 3.8) is 0 Å².